The molecule has 1 aromatic heterocycles. The van der Waals surface area contributed by atoms with Crippen molar-refractivity contribution in [2.75, 3.05) is 13.6 Å². The molecular weight excluding hydrogens is 239 g/mol. The van der Waals surface area contributed by atoms with E-state index in [1.54, 1.807) is 6.20 Å². The monoisotopic (exact) mass is 264 g/mol. The van der Waals surface area contributed by atoms with Crippen LogP contribution in [0.2, 0.25) is 0 Å². The van der Waals surface area contributed by atoms with Crippen molar-refractivity contribution < 1.29 is 4.39 Å². The summed E-state index contributed by atoms with van der Waals surface area (Å²) in [5, 5.41) is 3.27. The summed E-state index contributed by atoms with van der Waals surface area (Å²) < 4.78 is 14.0. The van der Waals surface area contributed by atoms with Crippen LogP contribution < -0.4 is 5.32 Å². The summed E-state index contributed by atoms with van der Waals surface area (Å²) in [4.78, 5) is 3.88. The first kappa shape index (κ1) is 14.4. The highest BCUT2D eigenvalue weighted by molar-refractivity contribution is 5.20. The van der Waals surface area contributed by atoms with Crippen molar-refractivity contribution in [1.82, 2.24) is 10.3 Å². The van der Waals surface area contributed by atoms with E-state index in [0.717, 1.165) is 24.4 Å². The van der Waals surface area contributed by atoms with Gasteiger partial charge in [0, 0.05) is 6.20 Å². The summed E-state index contributed by atoms with van der Waals surface area (Å²) in [6, 6.07) is 1.87. The third-order valence-electron chi connectivity index (χ3n) is 4.47. The third kappa shape index (κ3) is 3.53. The van der Waals surface area contributed by atoms with Crippen molar-refractivity contribution in [3.05, 3.63) is 29.8 Å². The minimum Gasteiger partial charge on any atom is -0.319 e. The number of rotatable bonds is 5. The quantitative estimate of drug-likeness (QED) is 0.876. The number of nitrogens with one attached hydrogen (secondary N) is 1. The van der Waals surface area contributed by atoms with Crippen LogP contribution in [0.15, 0.2) is 18.5 Å². The standard InChI is InChI=1S/C16H25FN2/c1-3-4-12-5-6-13(10-18-2)15(9-12)14-7-8-19-11-16(14)17/h7-8,11-13,15,18H,3-6,9-10H2,1-2H3. The Kier molecular flexibility index (Phi) is 5.32. The van der Waals surface area contributed by atoms with Gasteiger partial charge in [-0.15, -0.1) is 0 Å². The van der Waals surface area contributed by atoms with E-state index in [1.807, 2.05) is 13.1 Å². The van der Waals surface area contributed by atoms with E-state index in [4.69, 9.17) is 0 Å². The molecule has 0 aromatic carbocycles. The number of aromatic nitrogens is 1. The van der Waals surface area contributed by atoms with Crippen molar-refractivity contribution in [3.63, 3.8) is 0 Å². The number of hydrogen-bond acceptors (Lipinski definition) is 2. The van der Waals surface area contributed by atoms with Crippen LogP contribution in [-0.2, 0) is 0 Å². The number of hydrogen-bond donors (Lipinski definition) is 1. The van der Waals surface area contributed by atoms with Crippen molar-refractivity contribution in [2.45, 2.75) is 44.9 Å². The van der Waals surface area contributed by atoms with Gasteiger partial charge in [-0.05, 0) is 55.8 Å². The maximum atomic E-state index is 14.0. The highest BCUT2D eigenvalue weighted by Crippen LogP contribution is 2.42. The molecule has 1 saturated carbocycles. The van der Waals surface area contributed by atoms with Crippen molar-refractivity contribution in [3.8, 4) is 0 Å². The van der Waals surface area contributed by atoms with Gasteiger partial charge in [0.15, 0.2) is 0 Å². The Morgan fingerprint density at radius 2 is 2.26 bits per heavy atom. The fourth-order valence-electron chi connectivity index (χ4n) is 3.56. The second-order valence-electron chi connectivity index (χ2n) is 5.79. The van der Waals surface area contributed by atoms with Crippen LogP contribution >= 0.6 is 0 Å². The van der Waals surface area contributed by atoms with E-state index in [1.165, 1.54) is 31.9 Å². The van der Waals surface area contributed by atoms with Crippen LogP contribution in [0.1, 0.15) is 50.5 Å². The Labute approximate surface area is 115 Å². The molecule has 3 unspecified atom stereocenters. The molecule has 2 rings (SSSR count). The molecule has 0 bridgehead atoms. The first-order valence-electron chi connectivity index (χ1n) is 7.50. The normalized spacial score (nSPS) is 27.4. The van der Waals surface area contributed by atoms with Crippen molar-refractivity contribution in [1.29, 1.82) is 0 Å². The van der Waals surface area contributed by atoms with E-state index in [0.29, 0.717) is 11.8 Å². The van der Waals surface area contributed by atoms with Gasteiger partial charge in [0.1, 0.15) is 5.82 Å². The summed E-state index contributed by atoms with van der Waals surface area (Å²) in [5.74, 6) is 1.53. The average molecular weight is 264 g/mol. The summed E-state index contributed by atoms with van der Waals surface area (Å²) in [7, 11) is 1.98. The molecule has 3 heteroatoms. The van der Waals surface area contributed by atoms with Gasteiger partial charge in [-0.2, -0.15) is 0 Å². The van der Waals surface area contributed by atoms with Crippen LogP contribution in [0, 0.1) is 17.7 Å². The molecule has 0 saturated heterocycles. The van der Waals surface area contributed by atoms with Gasteiger partial charge in [-0.3, -0.25) is 4.98 Å². The maximum Gasteiger partial charge on any atom is 0.144 e. The van der Waals surface area contributed by atoms with E-state index < -0.39 is 0 Å². The topological polar surface area (TPSA) is 24.9 Å². The maximum absolute atomic E-state index is 14.0. The van der Waals surface area contributed by atoms with E-state index >= 15 is 0 Å². The zero-order valence-electron chi connectivity index (χ0n) is 12.0. The van der Waals surface area contributed by atoms with Gasteiger partial charge in [-0.25, -0.2) is 4.39 Å². The molecule has 1 fully saturated rings. The molecule has 19 heavy (non-hydrogen) atoms. The van der Waals surface area contributed by atoms with Crippen LogP contribution in [0.5, 0.6) is 0 Å². The molecule has 106 valence electrons. The van der Waals surface area contributed by atoms with E-state index in [9.17, 15) is 4.39 Å². The molecule has 0 radical (unpaired) electrons. The highest BCUT2D eigenvalue weighted by atomic mass is 19.1. The number of halogens is 1. The van der Waals surface area contributed by atoms with Gasteiger partial charge < -0.3 is 5.32 Å². The van der Waals surface area contributed by atoms with Crippen molar-refractivity contribution in [2.24, 2.45) is 11.8 Å². The summed E-state index contributed by atoms with van der Waals surface area (Å²) >= 11 is 0. The second kappa shape index (κ2) is 6.99. The van der Waals surface area contributed by atoms with Gasteiger partial charge in [0.25, 0.3) is 0 Å². The van der Waals surface area contributed by atoms with Gasteiger partial charge in [0.2, 0.25) is 0 Å². The Bertz CT molecular complexity index is 394. The Balaban J connectivity index is 2.18. The predicted molar refractivity (Wildman–Crippen MR) is 76.6 cm³/mol. The molecular formula is C16H25FN2. The molecule has 1 heterocycles. The predicted octanol–water partition coefficient (Wildman–Crippen LogP) is 3.74. The number of nitrogens with zero attached hydrogens (tertiary/aromatic N) is 1. The lowest BCUT2D eigenvalue weighted by molar-refractivity contribution is 0.219. The van der Waals surface area contributed by atoms with E-state index in [2.05, 4.69) is 17.2 Å². The third-order valence-corrected chi connectivity index (χ3v) is 4.47. The fourth-order valence-corrected chi connectivity index (χ4v) is 3.56. The zero-order valence-corrected chi connectivity index (χ0v) is 12.0. The van der Waals surface area contributed by atoms with Gasteiger partial charge in [-0.1, -0.05) is 26.2 Å². The Morgan fingerprint density at radius 1 is 1.42 bits per heavy atom. The summed E-state index contributed by atoms with van der Waals surface area (Å²) in [5.41, 5.74) is 0.871. The average Bonchev–Trinajstić information content (AvgIpc) is 2.42. The minimum absolute atomic E-state index is 0.134. The zero-order chi connectivity index (χ0) is 13.7. The SMILES string of the molecule is CCCC1CCC(CNC)C(c2ccncc2F)C1. The molecule has 2 nitrogen and oxygen atoms in total. The summed E-state index contributed by atoms with van der Waals surface area (Å²) in [6.07, 6.45) is 9.21. The van der Waals surface area contributed by atoms with Crippen molar-refractivity contribution >= 4 is 0 Å². The lowest BCUT2D eigenvalue weighted by Crippen LogP contribution is -2.31. The van der Waals surface area contributed by atoms with E-state index in [-0.39, 0.29) is 5.82 Å². The second-order valence-corrected chi connectivity index (χ2v) is 5.79. The minimum atomic E-state index is -0.134. The molecule has 0 spiro atoms. The smallest absolute Gasteiger partial charge is 0.144 e. The van der Waals surface area contributed by atoms with Gasteiger partial charge in [0.05, 0.1) is 6.20 Å². The summed E-state index contributed by atoms with van der Waals surface area (Å²) in [6.45, 7) is 3.22. The van der Waals surface area contributed by atoms with Crippen LogP contribution in [0.4, 0.5) is 4.39 Å². The molecule has 1 aromatic rings. The molecule has 1 N–H and O–H groups in total. The molecule has 0 aliphatic heterocycles. The fraction of sp³-hybridized carbons (Fsp3) is 0.688. The largest absolute Gasteiger partial charge is 0.319 e. The van der Waals surface area contributed by atoms with Crippen LogP contribution in [-0.4, -0.2) is 18.6 Å². The lowest BCUT2D eigenvalue weighted by Gasteiger charge is -2.36. The highest BCUT2D eigenvalue weighted by Gasteiger charge is 2.32. The van der Waals surface area contributed by atoms with Crippen LogP contribution in [0.25, 0.3) is 0 Å². The Morgan fingerprint density at radius 3 is 2.95 bits per heavy atom. The molecule has 0 amide bonds. The first-order chi connectivity index (χ1) is 9.26. The molecule has 3 atom stereocenters. The lowest BCUT2D eigenvalue weighted by atomic mass is 9.70. The number of pyridine rings is 1. The van der Waals surface area contributed by atoms with Gasteiger partial charge >= 0.3 is 0 Å². The molecule has 1 aliphatic rings. The Hall–Kier alpha value is -0.960. The molecule has 1 aliphatic carbocycles. The van der Waals surface area contributed by atoms with Crippen LogP contribution in [0.3, 0.4) is 0 Å². The first-order valence-corrected chi connectivity index (χ1v) is 7.50.